The first-order chi connectivity index (χ1) is 12.9. The largest absolute Gasteiger partial charge is 0.370 e. The van der Waals surface area contributed by atoms with Crippen LogP contribution >= 0.6 is 0 Å². The van der Waals surface area contributed by atoms with Crippen LogP contribution in [0.1, 0.15) is 115 Å². The minimum absolute atomic E-state index is 0.855. The lowest BCUT2D eigenvalue weighted by Gasteiger charge is -2.04. The first-order valence-electron chi connectivity index (χ1n) is 11.4. The summed E-state index contributed by atoms with van der Waals surface area (Å²) in [6.45, 7) is 5.03. The van der Waals surface area contributed by atoms with Crippen molar-refractivity contribution in [1.82, 2.24) is 0 Å². The third-order valence-electron chi connectivity index (χ3n) is 5.13. The van der Waals surface area contributed by atoms with Gasteiger partial charge in [0.1, 0.15) is 6.61 Å². The summed E-state index contributed by atoms with van der Waals surface area (Å²) < 4.78 is 5.61. The molecule has 1 nitrogen and oxygen atoms in total. The molecule has 0 saturated heterocycles. The lowest BCUT2D eigenvalue weighted by Crippen LogP contribution is -1.93. The minimum atomic E-state index is 0.855. The first kappa shape index (κ1) is 23.2. The van der Waals surface area contributed by atoms with Gasteiger partial charge in [-0.1, -0.05) is 134 Å². The molecular formula is C25H43O. The van der Waals surface area contributed by atoms with Gasteiger partial charge in [-0.3, -0.25) is 0 Å². The number of ether oxygens (including phenoxy) is 1. The van der Waals surface area contributed by atoms with Crippen LogP contribution in [0.15, 0.2) is 30.3 Å². The van der Waals surface area contributed by atoms with Crippen molar-refractivity contribution in [2.75, 3.05) is 6.61 Å². The summed E-state index contributed by atoms with van der Waals surface area (Å²) in [5.74, 6) is 0. The molecule has 0 bridgehead atoms. The highest BCUT2D eigenvalue weighted by atomic mass is 16.5. The van der Waals surface area contributed by atoms with Gasteiger partial charge in [0.2, 0.25) is 0 Å². The molecule has 1 rings (SSSR count). The van der Waals surface area contributed by atoms with Crippen molar-refractivity contribution in [2.45, 2.75) is 110 Å². The van der Waals surface area contributed by atoms with Crippen LogP contribution in [0.5, 0.6) is 0 Å². The van der Waals surface area contributed by atoms with Crippen molar-refractivity contribution in [2.24, 2.45) is 0 Å². The number of benzene rings is 1. The van der Waals surface area contributed by atoms with Gasteiger partial charge in [0.25, 0.3) is 0 Å². The third kappa shape index (κ3) is 15.4. The summed E-state index contributed by atoms with van der Waals surface area (Å²) in [7, 11) is 0. The lowest BCUT2D eigenvalue weighted by atomic mass is 10.0. The second kappa shape index (κ2) is 19.0. The van der Waals surface area contributed by atoms with E-state index in [0.29, 0.717) is 0 Å². The fraction of sp³-hybridized carbons (Fsp3) is 0.720. The minimum Gasteiger partial charge on any atom is -0.370 e. The normalized spacial score (nSPS) is 11.1. The van der Waals surface area contributed by atoms with Crippen molar-refractivity contribution in [1.29, 1.82) is 0 Å². The van der Waals surface area contributed by atoms with E-state index in [0.717, 1.165) is 12.2 Å². The van der Waals surface area contributed by atoms with Crippen LogP contribution in [0.2, 0.25) is 0 Å². The van der Waals surface area contributed by atoms with Crippen LogP contribution in [0.25, 0.3) is 0 Å². The standard InChI is InChI=1S/C25H43O/c1-2-3-4-5-6-7-8-9-10-11-12-13-14-15-16-20-23-26-24-25-21-18-17-19-22-25/h17-19,21-22,24H,2-16,20,23H2,1H3. The predicted molar refractivity (Wildman–Crippen MR) is 115 cm³/mol. The van der Waals surface area contributed by atoms with Gasteiger partial charge in [0.15, 0.2) is 0 Å². The number of rotatable bonds is 19. The molecule has 149 valence electrons. The average molecular weight is 360 g/mol. The van der Waals surface area contributed by atoms with Gasteiger partial charge in [0.05, 0.1) is 0 Å². The monoisotopic (exact) mass is 359 g/mol. The maximum atomic E-state index is 5.61. The maximum Gasteiger partial charge on any atom is 0.113 e. The topological polar surface area (TPSA) is 9.23 Å². The summed E-state index contributed by atoms with van der Waals surface area (Å²) in [6.07, 6.45) is 22.6. The molecular weight excluding hydrogens is 316 g/mol. The van der Waals surface area contributed by atoms with Gasteiger partial charge in [0, 0.05) is 6.61 Å². The Balaban J connectivity index is 1.68. The molecule has 1 aromatic rings. The Morgan fingerprint density at radius 1 is 0.577 bits per heavy atom. The summed E-state index contributed by atoms with van der Waals surface area (Å²) in [5, 5.41) is 0. The molecule has 0 spiro atoms. The second-order valence-corrected chi connectivity index (χ2v) is 7.70. The predicted octanol–water partition coefficient (Wildman–Crippen LogP) is 8.47. The molecule has 0 aliphatic carbocycles. The molecule has 0 N–H and O–H groups in total. The summed E-state index contributed by atoms with van der Waals surface area (Å²) in [6, 6.07) is 10.3. The van der Waals surface area contributed by atoms with Crippen LogP contribution in [0.3, 0.4) is 0 Å². The van der Waals surface area contributed by atoms with Gasteiger partial charge >= 0.3 is 0 Å². The number of unbranched alkanes of at least 4 members (excludes halogenated alkanes) is 15. The van der Waals surface area contributed by atoms with Gasteiger partial charge < -0.3 is 4.74 Å². The van der Waals surface area contributed by atoms with Gasteiger partial charge in [-0.05, 0) is 12.0 Å². The van der Waals surface area contributed by atoms with E-state index in [-0.39, 0.29) is 0 Å². The molecule has 0 saturated carbocycles. The molecule has 1 aromatic carbocycles. The zero-order valence-electron chi connectivity index (χ0n) is 17.4. The van der Waals surface area contributed by atoms with Crippen LogP contribution in [0, 0.1) is 6.61 Å². The van der Waals surface area contributed by atoms with Crippen molar-refractivity contribution >= 4 is 0 Å². The lowest BCUT2D eigenvalue weighted by molar-refractivity contribution is 0.205. The number of hydrogen-bond donors (Lipinski definition) is 0. The highest BCUT2D eigenvalue weighted by molar-refractivity contribution is 5.19. The second-order valence-electron chi connectivity index (χ2n) is 7.70. The zero-order valence-corrected chi connectivity index (χ0v) is 17.4. The molecule has 26 heavy (non-hydrogen) atoms. The fourth-order valence-electron chi connectivity index (χ4n) is 3.42. The van der Waals surface area contributed by atoms with E-state index in [1.807, 2.05) is 24.8 Å². The third-order valence-corrected chi connectivity index (χ3v) is 5.13. The van der Waals surface area contributed by atoms with Gasteiger partial charge in [-0.2, -0.15) is 0 Å². The fourth-order valence-corrected chi connectivity index (χ4v) is 3.42. The van der Waals surface area contributed by atoms with Crippen LogP contribution in [-0.4, -0.2) is 6.61 Å². The Bertz CT molecular complexity index is 373. The molecule has 0 amide bonds. The van der Waals surface area contributed by atoms with E-state index in [2.05, 4.69) is 19.1 Å². The van der Waals surface area contributed by atoms with E-state index in [1.165, 1.54) is 103 Å². The number of hydrogen-bond acceptors (Lipinski definition) is 1. The summed E-state index contributed by atoms with van der Waals surface area (Å²) >= 11 is 0. The van der Waals surface area contributed by atoms with E-state index in [4.69, 9.17) is 4.74 Å². The molecule has 0 aromatic heterocycles. The Labute approximate surface area is 163 Å². The van der Waals surface area contributed by atoms with E-state index in [1.54, 1.807) is 0 Å². The molecule has 0 aliphatic rings. The van der Waals surface area contributed by atoms with Gasteiger partial charge in [-0.15, -0.1) is 0 Å². The smallest absolute Gasteiger partial charge is 0.113 e. The quantitative estimate of drug-likeness (QED) is 0.225. The van der Waals surface area contributed by atoms with Crippen molar-refractivity contribution in [3.05, 3.63) is 42.5 Å². The van der Waals surface area contributed by atoms with Crippen LogP contribution in [-0.2, 0) is 4.74 Å². The zero-order chi connectivity index (χ0) is 18.5. The van der Waals surface area contributed by atoms with Crippen molar-refractivity contribution in [3.8, 4) is 0 Å². The van der Waals surface area contributed by atoms with Gasteiger partial charge in [-0.25, -0.2) is 0 Å². The van der Waals surface area contributed by atoms with E-state index >= 15 is 0 Å². The maximum absolute atomic E-state index is 5.61. The Morgan fingerprint density at radius 3 is 1.46 bits per heavy atom. The molecule has 0 unspecified atom stereocenters. The first-order valence-corrected chi connectivity index (χ1v) is 11.4. The summed E-state index contributed by atoms with van der Waals surface area (Å²) in [4.78, 5) is 0. The summed E-state index contributed by atoms with van der Waals surface area (Å²) in [5.41, 5.74) is 1.16. The Hall–Kier alpha value is -0.820. The molecule has 0 aliphatic heterocycles. The molecule has 0 heterocycles. The van der Waals surface area contributed by atoms with Crippen molar-refractivity contribution in [3.63, 3.8) is 0 Å². The van der Waals surface area contributed by atoms with E-state index in [9.17, 15) is 0 Å². The van der Waals surface area contributed by atoms with Crippen molar-refractivity contribution < 1.29 is 4.74 Å². The molecule has 0 atom stereocenters. The van der Waals surface area contributed by atoms with Crippen LogP contribution < -0.4 is 0 Å². The molecule has 1 heteroatoms. The Kier molecular flexibility index (Phi) is 16.9. The molecule has 1 radical (unpaired) electrons. The highest BCUT2D eigenvalue weighted by Gasteiger charge is 1.96. The molecule has 0 fully saturated rings. The average Bonchev–Trinajstić information content (AvgIpc) is 2.68. The van der Waals surface area contributed by atoms with Crippen LogP contribution in [0.4, 0.5) is 0 Å². The SMILES string of the molecule is CCCCCCCCCCCCCCCCCCO[CH]c1ccccc1. The highest BCUT2D eigenvalue weighted by Crippen LogP contribution is 2.14. The van der Waals surface area contributed by atoms with E-state index < -0.39 is 0 Å². The Morgan fingerprint density at radius 2 is 1.00 bits per heavy atom.